The van der Waals surface area contributed by atoms with Gasteiger partial charge in [0.15, 0.2) is 0 Å². The maximum atomic E-state index is 12.5. The molecule has 1 amide bonds. The Hall–Kier alpha value is -1.77. The quantitative estimate of drug-likeness (QED) is 0.829. The molecule has 2 rings (SSSR count). The summed E-state index contributed by atoms with van der Waals surface area (Å²) < 4.78 is 0. The summed E-state index contributed by atoms with van der Waals surface area (Å²) in [7, 11) is 1.85. The molecule has 3 heteroatoms. The molecule has 1 atom stereocenters. The van der Waals surface area contributed by atoms with Gasteiger partial charge in [-0.15, -0.1) is 0 Å². The third-order valence-corrected chi connectivity index (χ3v) is 3.27. The molecule has 1 aliphatic heterocycles. The number of benzene rings is 1. The summed E-state index contributed by atoms with van der Waals surface area (Å²) in [4.78, 5) is 14.2. The van der Waals surface area contributed by atoms with Crippen LogP contribution < -0.4 is 5.32 Å². The Morgan fingerprint density at radius 1 is 1.50 bits per heavy atom. The number of fused-ring (bicyclic) bond motifs is 1. The van der Waals surface area contributed by atoms with E-state index < -0.39 is 0 Å². The van der Waals surface area contributed by atoms with Crippen LogP contribution in [0.1, 0.15) is 24.8 Å². The number of nitrogens with zero attached hydrogens (tertiary/aromatic N) is 1. The smallest absolute Gasteiger partial charge is 0.230 e. The minimum absolute atomic E-state index is 0.0215. The van der Waals surface area contributed by atoms with Gasteiger partial charge in [0.1, 0.15) is 0 Å². The number of hydrogen-bond acceptors (Lipinski definition) is 2. The molecule has 0 spiro atoms. The Morgan fingerprint density at radius 3 is 2.94 bits per heavy atom. The standard InChI is InChI=1S/C15H20N2O/c1-11(2)10-17(3)15(18)13-8-9-16-14-7-5-4-6-12(13)14/h4-7,13,16H,1,8-10H2,2-3H3. The third-order valence-electron chi connectivity index (χ3n) is 3.27. The Bertz CT molecular complexity index is 467. The second-order valence-corrected chi connectivity index (χ2v) is 5.01. The lowest BCUT2D eigenvalue weighted by molar-refractivity contribution is -0.131. The van der Waals surface area contributed by atoms with Crippen molar-refractivity contribution >= 4 is 11.6 Å². The molecule has 0 aliphatic carbocycles. The second-order valence-electron chi connectivity index (χ2n) is 5.01. The Labute approximate surface area is 108 Å². The summed E-state index contributed by atoms with van der Waals surface area (Å²) in [6, 6.07) is 8.06. The molecule has 1 aromatic carbocycles. The highest BCUT2D eigenvalue weighted by atomic mass is 16.2. The molecule has 0 fully saturated rings. The van der Waals surface area contributed by atoms with Gasteiger partial charge >= 0.3 is 0 Å². The minimum atomic E-state index is -0.0215. The van der Waals surface area contributed by atoms with Crippen LogP contribution in [-0.2, 0) is 4.79 Å². The van der Waals surface area contributed by atoms with Gasteiger partial charge in [0.25, 0.3) is 0 Å². The highest BCUT2D eigenvalue weighted by Crippen LogP contribution is 2.32. The number of nitrogens with one attached hydrogen (secondary N) is 1. The van der Waals surface area contributed by atoms with Crippen LogP contribution in [0.2, 0.25) is 0 Å². The minimum Gasteiger partial charge on any atom is -0.385 e. The van der Waals surface area contributed by atoms with Crippen molar-refractivity contribution in [2.45, 2.75) is 19.3 Å². The number of para-hydroxylation sites is 1. The maximum absolute atomic E-state index is 12.5. The molecule has 0 radical (unpaired) electrons. The summed E-state index contributed by atoms with van der Waals surface area (Å²) in [6.45, 7) is 7.29. The van der Waals surface area contributed by atoms with E-state index in [9.17, 15) is 4.79 Å². The average Bonchev–Trinajstić information content (AvgIpc) is 2.36. The summed E-state index contributed by atoms with van der Waals surface area (Å²) >= 11 is 0. The van der Waals surface area contributed by atoms with Gasteiger partial charge in [-0.05, 0) is 25.0 Å². The Kier molecular flexibility index (Phi) is 3.70. The van der Waals surface area contributed by atoms with Crippen molar-refractivity contribution in [1.29, 1.82) is 0 Å². The van der Waals surface area contributed by atoms with Crippen molar-refractivity contribution in [3.8, 4) is 0 Å². The zero-order chi connectivity index (χ0) is 13.1. The van der Waals surface area contributed by atoms with Crippen LogP contribution in [0.5, 0.6) is 0 Å². The Morgan fingerprint density at radius 2 is 2.22 bits per heavy atom. The number of anilines is 1. The molecule has 0 saturated carbocycles. The van der Waals surface area contributed by atoms with Gasteiger partial charge in [-0.2, -0.15) is 0 Å². The van der Waals surface area contributed by atoms with Gasteiger partial charge in [0, 0.05) is 25.8 Å². The van der Waals surface area contributed by atoms with Crippen molar-refractivity contribution in [3.63, 3.8) is 0 Å². The van der Waals surface area contributed by atoms with Crippen molar-refractivity contribution in [1.82, 2.24) is 4.90 Å². The van der Waals surface area contributed by atoms with Gasteiger partial charge in [-0.3, -0.25) is 4.79 Å². The lowest BCUT2D eigenvalue weighted by Crippen LogP contribution is -2.35. The SMILES string of the molecule is C=C(C)CN(C)C(=O)C1CCNc2ccccc21. The summed E-state index contributed by atoms with van der Waals surface area (Å²) in [6.07, 6.45) is 0.858. The first-order chi connectivity index (χ1) is 8.59. The van der Waals surface area contributed by atoms with Gasteiger partial charge in [0.2, 0.25) is 5.91 Å². The molecule has 1 N–H and O–H groups in total. The number of rotatable bonds is 3. The molecule has 3 nitrogen and oxygen atoms in total. The molecular weight excluding hydrogens is 224 g/mol. The molecule has 0 bridgehead atoms. The van der Waals surface area contributed by atoms with Crippen molar-refractivity contribution in [2.24, 2.45) is 0 Å². The van der Waals surface area contributed by atoms with Crippen LogP contribution >= 0.6 is 0 Å². The molecule has 1 aromatic rings. The van der Waals surface area contributed by atoms with Crippen LogP contribution in [-0.4, -0.2) is 30.9 Å². The lowest BCUT2D eigenvalue weighted by atomic mass is 9.90. The molecule has 0 saturated heterocycles. The topological polar surface area (TPSA) is 32.3 Å². The molecule has 18 heavy (non-hydrogen) atoms. The highest BCUT2D eigenvalue weighted by molar-refractivity contribution is 5.86. The third kappa shape index (κ3) is 2.55. The van der Waals surface area contributed by atoms with E-state index in [0.717, 1.165) is 29.8 Å². The van der Waals surface area contributed by atoms with E-state index in [1.54, 1.807) is 4.90 Å². The fourth-order valence-electron chi connectivity index (χ4n) is 2.47. The number of carbonyl (C=O) groups is 1. The van der Waals surface area contributed by atoms with E-state index in [1.807, 2.05) is 38.2 Å². The van der Waals surface area contributed by atoms with E-state index in [1.165, 1.54) is 0 Å². The highest BCUT2D eigenvalue weighted by Gasteiger charge is 2.28. The van der Waals surface area contributed by atoms with Gasteiger partial charge in [-0.25, -0.2) is 0 Å². The monoisotopic (exact) mass is 244 g/mol. The van der Waals surface area contributed by atoms with Gasteiger partial charge in [-0.1, -0.05) is 30.4 Å². The van der Waals surface area contributed by atoms with Crippen molar-refractivity contribution < 1.29 is 4.79 Å². The van der Waals surface area contributed by atoms with Crippen LogP contribution in [0.4, 0.5) is 5.69 Å². The maximum Gasteiger partial charge on any atom is 0.230 e. The number of carbonyl (C=O) groups excluding carboxylic acids is 1. The zero-order valence-corrected chi connectivity index (χ0v) is 11.1. The molecule has 1 unspecified atom stereocenters. The van der Waals surface area contributed by atoms with E-state index in [4.69, 9.17) is 0 Å². The number of amides is 1. The Balaban J connectivity index is 2.20. The van der Waals surface area contributed by atoms with Gasteiger partial charge in [0.05, 0.1) is 5.92 Å². The van der Waals surface area contributed by atoms with Crippen LogP contribution in [0, 0.1) is 0 Å². The summed E-state index contributed by atoms with van der Waals surface area (Å²) in [5.74, 6) is 0.166. The number of likely N-dealkylation sites (N-methyl/N-ethyl adjacent to an activating group) is 1. The molecular formula is C15H20N2O. The molecule has 0 aromatic heterocycles. The van der Waals surface area contributed by atoms with E-state index in [0.29, 0.717) is 6.54 Å². The second kappa shape index (κ2) is 5.25. The van der Waals surface area contributed by atoms with Crippen molar-refractivity contribution in [2.75, 3.05) is 25.5 Å². The predicted molar refractivity (Wildman–Crippen MR) is 74.7 cm³/mol. The predicted octanol–water partition coefficient (Wildman–Crippen LogP) is 2.62. The molecule has 96 valence electrons. The largest absolute Gasteiger partial charge is 0.385 e. The van der Waals surface area contributed by atoms with Crippen molar-refractivity contribution in [3.05, 3.63) is 42.0 Å². The molecule has 1 heterocycles. The first-order valence-corrected chi connectivity index (χ1v) is 6.31. The van der Waals surface area contributed by atoms with Crippen LogP contribution in [0.15, 0.2) is 36.4 Å². The van der Waals surface area contributed by atoms with E-state index in [2.05, 4.69) is 11.9 Å². The van der Waals surface area contributed by atoms with Gasteiger partial charge < -0.3 is 10.2 Å². The van der Waals surface area contributed by atoms with Crippen LogP contribution in [0.25, 0.3) is 0 Å². The normalized spacial score (nSPS) is 17.6. The average molecular weight is 244 g/mol. The number of hydrogen-bond donors (Lipinski definition) is 1. The summed E-state index contributed by atoms with van der Waals surface area (Å²) in [5, 5.41) is 3.34. The molecule has 1 aliphatic rings. The fraction of sp³-hybridized carbons (Fsp3) is 0.400. The lowest BCUT2D eigenvalue weighted by Gasteiger charge is -2.29. The fourth-order valence-corrected chi connectivity index (χ4v) is 2.47. The first kappa shape index (κ1) is 12.7. The van der Waals surface area contributed by atoms with Crippen LogP contribution in [0.3, 0.4) is 0 Å². The first-order valence-electron chi connectivity index (χ1n) is 6.31. The van der Waals surface area contributed by atoms with E-state index >= 15 is 0 Å². The summed E-state index contributed by atoms with van der Waals surface area (Å²) in [5.41, 5.74) is 3.21. The zero-order valence-electron chi connectivity index (χ0n) is 11.1. The van der Waals surface area contributed by atoms with E-state index in [-0.39, 0.29) is 11.8 Å².